The first-order valence-corrected chi connectivity index (χ1v) is 5.57. The lowest BCUT2D eigenvalue weighted by molar-refractivity contribution is 0.366. The Hall–Kier alpha value is -2.11. The molecule has 2 N–H and O–H groups in total. The largest absolute Gasteiger partial charge is 0.368 e. The van der Waals surface area contributed by atoms with Gasteiger partial charge in [0.1, 0.15) is 5.82 Å². The molecule has 3 rings (SSSR count). The van der Waals surface area contributed by atoms with Crippen LogP contribution in [-0.4, -0.2) is 32.8 Å². The van der Waals surface area contributed by atoms with E-state index >= 15 is 0 Å². The molecule has 1 aliphatic heterocycles. The van der Waals surface area contributed by atoms with E-state index in [0.29, 0.717) is 12.0 Å². The summed E-state index contributed by atoms with van der Waals surface area (Å²) in [6, 6.07) is 4.33. The molecule has 6 nitrogen and oxygen atoms in total. The Morgan fingerprint density at radius 2 is 2.18 bits per heavy atom. The van der Waals surface area contributed by atoms with Crippen molar-refractivity contribution in [2.45, 2.75) is 13.0 Å². The molecular formula is C11H14N6. The van der Waals surface area contributed by atoms with Gasteiger partial charge in [-0.05, 0) is 13.0 Å². The van der Waals surface area contributed by atoms with Crippen LogP contribution in [0.15, 0.2) is 24.5 Å². The van der Waals surface area contributed by atoms with Gasteiger partial charge in [0.2, 0.25) is 5.95 Å². The van der Waals surface area contributed by atoms with Crippen molar-refractivity contribution in [1.29, 1.82) is 0 Å². The maximum atomic E-state index is 5.64. The van der Waals surface area contributed by atoms with Crippen molar-refractivity contribution >= 4 is 11.8 Å². The first-order chi connectivity index (χ1) is 8.22. The third-order valence-electron chi connectivity index (χ3n) is 2.94. The zero-order chi connectivity index (χ0) is 11.8. The van der Waals surface area contributed by atoms with Crippen molar-refractivity contribution in [3.63, 3.8) is 0 Å². The molecule has 3 heterocycles. The molecule has 2 aromatic rings. The van der Waals surface area contributed by atoms with Crippen LogP contribution in [0.1, 0.15) is 11.7 Å². The molecule has 0 bridgehead atoms. The number of nitrogens with zero attached hydrogens (tertiary/aromatic N) is 5. The summed E-state index contributed by atoms with van der Waals surface area (Å²) >= 11 is 0. The third kappa shape index (κ3) is 1.82. The molecule has 0 spiro atoms. The van der Waals surface area contributed by atoms with Crippen molar-refractivity contribution in [3.05, 3.63) is 30.2 Å². The summed E-state index contributed by atoms with van der Waals surface area (Å²) in [5.41, 5.74) is 6.54. The van der Waals surface area contributed by atoms with Gasteiger partial charge in [-0.25, -0.2) is 4.98 Å². The highest BCUT2D eigenvalue weighted by molar-refractivity contribution is 5.46. The molecule has 1 aliphatic rings. The fourth-order valence-corrected chi connectivity index (χ4v) is 2.04. The van der Waals surface area contributed by atoms with Crippen LogP contribution in [0, 0.1) is 6.92 Å². The fraction of sp³-hybridized carbons (Fsp3) is 0.364. The van der Waals surface area contributed by atoms with Gasteiger partial charge in [-0.1, -0.05) is 0 Å². The van der Waals surface area contributed by atoms with Gasteiger partial charge in [0.05, 0.1) is 6.04 Å². The lowest BCUT2D eigenvalue weighted by Crippen LogP contribution is -2.48. The summed E-state index contributed by atoms with van der Waals surface area (Å²) < 4.78 is 1.98. The topological polar surface area (TPSA) is 72.9 Å². The van der Waals surface area contributed by atoms with Crippen molar-refractivity contribution in [2.24, 2.45) is 0 Å². The summed E-state index contributed by atoms with van der Waals surface area (Å²) in [6.45, 7) is 3.75. The Labute approximate surface area is 99.1 Å². The SMILES string of the molecule is Cc1cc(N2CC(n3cccn3)C2)nc(N)n1. The Morgan fingerprint density at radius 3 is 2.82 bits per heavy atom. The van der Waals surface area contributed by atoms with Gasteiger partial charge in [-0.15, -0.1) is 0 Å². The average Bonchev–Trinajstić information content (AvgIpc) is 2.66. The monoisotopic (exact) mass is 230 g/mol. The molecule has 88 valence electrons. The second-order valence-electron chi connectivity index (χ2n) is 4.27. The first-order valence-electron chi connectivity index (χ1n) is 5.57. The van der Waals surface area contributed by atoms with E-state index in [-0.39, 0.29) is 0 Å². The van der Waals surface area contributed by atoms with Crippen LogP contribution in [0.3, 0.4) is 0 Å². The van der Waals surface area contributed by atoms with E-state index in [0.717, 1.165) is 24.6 Å². The average molecular weight is 230 g/mol. The molecule has 0 radical (unpaired) electrons. The Morgan fingerprint density at radius 1 is 1.35 bits per heavy atom. The van der Waals surface area contributed by atoms with E-state index in [4.69, 9.17) is 5.73 Å². The molecule has 0 atom stereocenters. The van der Waals surface area contributed by atoms with Gasteiger partial charge in [0, 0.05) is 37.2 Å². The summed E-state index contributed by atoms with van der Waals surface area (Å²) in [5, 5.41) is 4.23. The van der Waals surface area contributed by atoms with Crippen molar-refractivity contribution in [3.8, 4) is 0 Å². The Kier molecular flexibility index (Phi) is 2.21. The molecule has 0 saturated carbocycles. The summed E-state index contributed by atoms with van der Waals surface area (Å²) in [5.74, 6) is 1.24. The predicted octanol–water partition coefficient (Wildman–Crippen LogP) is 0.625. The quantitative estimate of drug-likeness (QED) is 0.819. The minimum Gasteiger partial charge on any atom is -0.368 e. The van der Waals surface area contributed by atoms with E-state index < -0.39 is 0 Å². The number of hydrogen-bond acceptors (Lipinski definition) is 5. The molecule has 0 amide bonds. The van der Waals surface area contributed by atoms with E-state index in [1.807, 2.05) is 29.9 Å². The van der Waals surface area contributed by atoms with Gasteiger partial charge in [0.25, 0.3) is 0 Å². The smallest absolute Gasteiger partial charge is 0.222 e. The van der Waals surface area contributed by atoms with Crippen LogP contribution in [-0.2, 0) is 0 Å². The molecule has 0 unspecified atom stereocenters. The summed E-state index contributed by atoms with van der Waals surface area (Å²) in [6.07, 6.45) is 3.79. The number of nitrogens with two attached hydrogens (primary N) is 1. The number of anilines is 2. The number of rotatable bonds is 2. The number of nitrogen functional groups attached to an aromatic ring is 1. The van der Waals surface area contributed by atoms with E-state index in [2.05, 4.69) is 20.0 Å². The van der Waals surface area contributed by atoms with Gasteiger partial charge in [0.15, 0.2) is 0 Å². The van der Waals surface area contributed by atoms with Crippen LogP contribution < -0.4 is 10.6 Å². The number of aromatic nitrogens is 4. The van der Waals surface area contributed by atoms with Gasteiger partial charge in [-0.2, -0.15) is 10.1 Å². The van der Waals surface area contributed by atoms with Crippen LogP contribution in [0.2, 0.25) is 0 Å². The van der Waals surface area contributed by atoms with Crippen LogP contribution in [0.25, 0.3) is 0 Å². The van der Waals surface area contributed by atoms with Crippen molar-refractivity contribution < 1.29 is 0 Å². The van der Waals surface area contributed by atoms with E-state index in [1.165, 1.54) is 0 Å². The van der Waals surface area contributed by atoms with Crippen LogP contribution in [0.4, 0.5) is 11.8 Å². The van der Waals surface area contributed by atoms with Crippen molar-refractivity contribution in [2.75, 3.05) is 23.7 Å². The molecule has 0 aromatic carbocycles. The van der Waals surface area contributed by atoms with E-state index in [1.54, 1.807) is 6.20 Å². The minimum atomic E-state index is 0.336. The zero-order valence-corrected chi connectivity index (χ0v) is 9.61. The van der Waals surface area contributed by atoms with Crippen LogP contribution in [0.5, 0.6) is 0 Å². The summed E-state index contributed by atoms with van der Waals surface area (Å²) in [4.78, 5) is 10.5. The maximum absolute atomic E-state index is 5.64. The number of hydrogen-bond donors (Lipinski definition) is 1. The highest BCUT2D eigenvalue weighted by Crippen LogP contribution is 2.26. The second-order valence-corrected chi connectivity index (χ2v) is 4.27. The highest BCUT2D eigenvalue weighted by atomic mass is 15.4. The maximum Gasteiger partial charge on any atom is 0.222 e. The van der Waals surface area contributed by atoms with Gasteiger partial charge >= 0.3 is 0 Å². The molecule has 0 aliphatic carbocycles. The Bertz CT molecular complexity index is 495. The normalized spacial score (nSPS) is 15.9. The van der Waals surface area contributed by atoms with Crippen LogP contribution >= 0.6 is 0 Å². The molecule has 17 heavy (non-hydrogen) atoms. The van der Waals surface area contributed by atoms with E-state index in [9.17, 15) is 0 Å². The van der Waals surface area contributed by atoms with Crippen molar-refractivity contribution in [1.82, 2.24) is 19.7 Å². The predicted molar refractivity (Wildman–Crippen MR) is 64.7 cm³/mol. The van der Waals surface area contributed by atoms with Gasteiger partial charge in [-0.3, -0.25) is 4.68 Å². The number of aryl methyl sites for hydroxylation is 1. The molecule has 1 saturated heterocycles. The minimum absolute atomic E-state index is 0.336. The second kappa shape index (κ2) is 3.73. The lowest BCUT2D eigenvalue weighted by atomic mass is 10.1. The molecule has 6 heteroatoms. The fourth-order valence-electron chi connectivity index (χ4n) is 2.04. The standard InChI is InChI=1S/C11H14N6/c1-8-5-10(15-11(12)14-8)16-6-9(7-16)17-4-2-3-13-17/h2-5,9H,6-7H2,1H3,(H2,12,14,15). The lowest BCUT2D eigenvalue weighted by Gasteiger charge is -2.40. The highest BCUT2D eigenvalue weighted by Gasteiger charge is 2.29. The molecule has 2 aromatic heterocycles. The molecular weight excluding hydrogens is 216 g/mol. The first kappa shape index (κ1) is 10.1. The molecule has 1 fully saturated rings. The third-order valence-corrected chi connectivity index (χ3v) is 2.94. The van der Waals surface area contributed by atoms with Gasteiger partial charge < -0.3 is 10.6 Å². The zero-order valence-electron chi connectivity index (χ0n) is 9.61. The summed E-state index contributed by atoms with van der Waals surface area (Å²) in [7, 11) is 0. The Balaban J connectivity index is 1.73.